The van der Waals surface area contributed by atoms with Gasteiger partial charge in [-0.25, -0.2) is 0 Å². The summed E-state index contributed by atoms with van der Waals surface area (Å²) >= 11 is 0. The summed E-state index contributed by atoms with van der Waals surface area (Å²) in [4.78, 5) is 38.0. The molecule has 0 fully saturated rings. The Labute approximate surface area is 159 Å². The van der Waals surface area contributed by atoms with Gasteiger partial charge in [0.2, 0.25) is 11.8 Å². The molecule has 1 aliphatic heterocycles. The van der Waals surface area contributed by atoms with Gasteiger partial charge in [0.05, 0.1) is 0 Å². The van der Waals surface area contributed by atoms with Gasteiger partial charge in [-0.2, -0.15) is 0 Å². The highest BCUT2D eigenvalue weighted by atomic mass is 16.2. The van der Waals surface area contributed by atoms with E-state index in [4.69, 9.17) is 0 Å². The van der Waals surface area contributed by atoms with Crippen molar-refractivity contribution < 1.29 is 14.4 Å². The molecule has 0 saturated heterocycles. The Balaban J connectivity index is 1.59. The molecule has 2 amide bonds. The maximum atomic E-state index is 12.4. The zero-order valence-corrected chi connectivity index (χ0v) is 16.0. The van der Waals surface area contributed by atoms with Crippen LogP contribution in [0.5, 0.6) is 0 Å². The number of amides is 2. The molecule has 140 valence electrons. The molecule has 5 heteroatoms. The van der Waals surface area contributed by atoms with Crippen molar-refractivity contribution in [2.75, 3.05) is 16.8 Å². The lowest BCUT2D eigenvalue weighted by molar-refractivity contribution is -0.117. The molecule has 0 unspecified atom stereocenters. The predicted octanol–water partition coefficient (Wildman–Crippen LogP) is 3.81. The molecule has 0 radical (unpaired) electrons. The Morgan fingerprint density at radius 2 is 1.81 bits per heavy atom. The second-order valence-electron chi connectivity index (χ2n) is 7.05. The second kappa shape index (κ2) is 7.74. The molecule has 0 aliphatic carbocycles. The number of benzene rings is 2. The molecule has 1 N–H and O–H groups in total. The Bertz CT molecular complexity index is 918. The number of hydrogen-bond donors (Lipinski definition) is 1. The van der Waals surface area contributed by atoms with Crippen LogP contribution < -0.4 is 10.2 Å². The Kier molecular flexibility index (Phi) is 5.40. The summed E-state index contributed by atoms with van der Waals surface area (Å²) in [7, 11) is 0. The molecule has 2 aromatic rings. The minimum Gasteiger partial charge on any atom is -0.326 e. The minimum absolute atomic E-state index is 0.0163. The number of Topliss-reactive ketones (excluding diaryl/α,β-unsaturated/α-hetero) is 1. The SMILES string of the molecule is CC(=O)N1CCc2cc(NC(=O)CCC(=O)c3cc(C)ccc3C)ccc21. The van der Waals surface area contributed by atoms with E-state index in [2.05, 4.69) is 5.32 Å². The number of hydrogen-bond acceptors (Lipinski definition) is 3. The first-order chi connectivity index (χ1) is 12.8. The molecular formula is C22H24N2O3. The van der Waals surface area contributed by atoms with Crippen LogP contribution in [0, 0.1) is 13.8 Å². The van der Waals surface area contributed by atoms with E-state index in [0.717, 1.165) is 28.8 Å². The van der Waals surface area contributed by atoms with Gasteiger partial charge >= 0.3 is 0 Å². The van der Waals surface area contributed by atoms with Crippen molar-refractivity contribution in [3.8, 4) is 0 Å². The van der Waals surface area contributed by atoms with Crippen molar-refractivity contribution in [3.63, 3.8) is 0 Å². The predicted molar refractivity (Wildman–Crippen MR) is 106 cm³/mol. The van der Waals surface area contributed by atoms with E-state index >= 15 is 0 Å². The molecule has 0 aromatic heterocycles. The molecule has 1 aliphatic rings. The van der Waals surface area contributed by atoms with Gasteiger partial charge < -0.3 is 10.2 Å². The van der Waals surface area contributed by atoms with Crippen molar-refractivity contribution in [2.24, 2.45) is 0 Å². The number of carbonyl (C=O) groups is 3. The topological polar surface area (TPSA) is 66.5 Å². The lowest BCUT2D eigenvalue weighted by atomic mass is 9.99. The lowest BCUT2D eigenvalue weighted by Crippen LogP contribution is -2.25. The van der Waals surface area contributed by atoms with E-state index in [9.17, 15) is 14.4 Å². The second-order valence-corrected chi connectivity index (χ2v) is 7.05. The highest BCUT2D eigenvalue weighted by Crippen LogP contribution is 2.30. The van der Waals surface area contributed by atoms with E-state index in [1.807, 2.05) is 44.2 Å². The van der Waals surface area contributed by atoms with Crippen LogP contribution in [0.2, 0.25) is 0 Å². The van der Waals surface area contributed by atoms with Crippen molar-refractivity contribution in [2.45, 2.75) is 40.0 Å². The fourth-order valence-electron chi connectivity index (χ4n) is 3.43. The van der Waals surface area contributed by atoms with Gasteiger partial charge in [0.1, 0.15) is 0 Å². The van der Waals surface area contributed by atoms with Gasteiger partial charge in [0.25, 0.3) is 0 Å². The highest BCUT2D eigenvalue weighted by molar-refractivity contribution is 6.01. The molecule has 27 heavy (non-hydrogen) atoms. The van der Waals surface area contributed by atoms with E-state index in [-0.39, 0.29) is 30.4 Å². The van der Waals surface area contributed by atoms with Crippen LogP contribution >= 0.6 is 0 Å². The number of nitrogens with zero attached hydrogens (tertiary/aromatic N) is 1. The molecule has 3 rings (SSSR count). The quantitative estimate of drug-likeness (QED) is 0.821. The summed E-state index contributed by atoms with van der Waals surface area (Å²) < 4.78 is 0. The third-order valence-corrected chi connectivity index (χ3v) is 4.91. The van der Waals surface area contributed by atoms with Gasteiger partial charge in [-0.05, 0) is 55.7 Å². The van der Waals surface area contributed by atoms with E-state index in [1.54, 1.807) is 17.9 Å². The lowest BCUT2D eigenvalue weighted by Gasteiger charge is -2.15. The summed E-state index contributed by atoms with van der Waals surface area (Å²) in [5, 5.41) is 2.85. The monoisotopic (exact) mass is 364 g/mol. The number of fused-ring (bicyclic) bond motifs is 1. The summed E-state index contributed by atoms with van der Waals surface area (Å²) in [5.41, 5.74) is 5.30. The Hall–Kier alpha value is -2.95. The van der Waals surface area contributed by atoms with Crippen molar-refractivity contribution >= 4 is 29.0 Å². The number of anilines is 2. The maximum Gasteiger partial charge on any atom is 0.224 e. The number of ketones is 1. The number of nitrogens with one attached hydrogen (secondary N) is 1. The molecule has 5 nitrogen and oxygen atoms in total. The normalized spacial score (nSPS) is 12.6. The number of aryl methyl sites for hydroxylation is 2. The Morgan fingerprint density at radius 1 is 1.04 bits per heavy atom. The molecule has 0 atom stereocenters. The van der Waals surface area contributed by atoms with Gasteiger partial charge in [-0.3, -0.25) is 14.4 Å². The molecule has 1 heterocycles. The summed E-state index contributed by atoms with van der Waals surface area (Å²) in [6, 6.07) is 11.3. The third kappa shape index (κ3) is 4.25. The average molecular weight is 364 g/mol. The van der Waals surface area contributed by atoms with Crippen LogP contribution in [0.4, 0.5) is 11.4 Å². The number of rotatable bonds is 5. The first-order valence-electron chi connectivity index (χ1n) is 9.16. The fourth-order valence-corrected chi connectivity index (χ4v) is 3.43. The molecule has 0 spiro atoms. The third-order valence-electron chi connectivity index (χ3n) is 4.91. The van der Waals surface area contributed by atoms with Gasteiger partial charge in [-0.15, -0.1) is 0 Å². The van der Waals surface area contributed by atoms with Gasteiger partial charge in [0.15, 0.2) is 5.78 Å². The Morgan fingerprint density at radius 3 is 2.56 bits per heavy atom. The smallest absolute Gasteiger partial charge is 0.224 e. The van der Waals surface area contributed by atoms with Crippen LogP contribution in [0.25, 0.3) is 0 Å². The van der Waals surface area contributed by atoms with Gasteiger partial charge in [0, 0.05) is 43.2 Å². The maximum absolute atomic E-state index is 12.4. The van der Waals surface area contributed by atoms with Crippen LogP contribution in [0.15, 0.2) is 36.4 Å². The summed E-state index contributed by atoms with van der Waals surface area (Å²) in [5.74, 6) is -0.178. The van der Waals surface area contributed by atoms with Crippen molar-refractivity contribution in [1.82, 2.24) is 0 Å². The minimum atomic E-state index is -0.185. The van der Waals surface area contributed by atoms with Crippen LogP contribution in [-0.4, -0.2) is 24.1 Å². The largest absolute Gasteiger partial charge is 0.326 e. The van der Waals surface area contributed by atoms with Crippen molar-refractivity contribution in [3.05, 3.63) is 58.7 Å². The molecule has 0 saturated carbocycles. The zero-order valence-electron chi connectivity index (χ0n) is 16.0. The number of carbonyl (C=O) groups excluding carboxylic acids is 3. The molecule has 0 bridgehead atoms. The molecule has 2 aromatic carbocycles. The summed E-state index contributed by atoms with van der Waals surface area (Å²) in [6.07, 6.45) is 1.10. The molecular weight excluding hydrogens is 340 g/mol. The first kappa shape index (κ1) is 18.8. The van der Waals surface area contributed by atoms with Gasteiger partial charge in [-0.1, -0.05) is 17.7 Å². The first-order valence-corrected chi connectivity index (χ1v) is 9.16. The standard InChI is InChI=1S/C22H24N2O3/c1-14-4-5-15(2)19(12-14)21(26)8-9-22(27)23-18-6-7-20-17(13-18)10-11-24(20)16(3)25/h4-7,12-13H,8-11H2,1-3H3,(H,23,27). The van der Waals surface area contributed by atoms with E-state index in [1.165, 1.54) is 0 Å². The van der Waals surface area contributed by atoms with E-state index in [0.29, 0.717) is 17.8 Å². The van der Waals surface area contributed by atoms with Crippen LogP contribution in [-0.2, 0) is 16.0 Å². The summed E-state index contributed by atoms with van der Waals surface area (Å²) in [6.45, 7) is 6.08. The zero-order chi connectivity index (χ0) is 19.6. The highest BCUT2D eigenvalue weighted by Gasteiger charge is 2.22. The van der Waals surface area contributed by atoms with Crippen LogP contribution in [0.1, 0.15) is 46.8 Å². The fraction of sp³-hybridized carbons (Fsp3) is 0.318. The van der Waals surface area contributed by atoms with E-state index < -0.39 is 0 Å². The van der Waals surface area contributed by atoms with Crippen LogP contribution in [0.3, 0.4) is 0 Å². The average Bonchev–Trinajstić information content (AvgIpc) is 3.05. The van der Waals surface area contributed by atoms with Crippen molar-refractivity contribution in [1.29, 1.82) is 0 Å².